The SMILES string of the molecule is Cc1cccc(-c2ccc3c(c2)c2ccccc2n3-c2ccc(-c3nc(C)nc(C)n3)cc2-c2nc(C)nc(C)n2)c1.Cc1cccc(-c2ccc3c4ccc(-c5cccc(C)c5)cc4n(-c4ccc(-c5nc(C)nc(C)n5)cc4-c4nc(C)nc(C)n4)c3c2)c1.Cc1cccc(-c2ccc3c4ccccc4n(-c4ccc(-c5nc(C)nc(C)n5)cc4-c4nc(C)nc(C)n4)c3c2)c1. The molecule has 0 saturated heterocycles. The van der Waals surface area contributed by atoms with Gasteiger partial charge in [0.15, 0.2) is 34.9 Å². The van der Waals surface area contributed by atoms with E-state index in [1.165, 1.54) is 82.4 Å². The van der Waals surface area contributed by atoms with E-state index in [-0.39, 0.29) is 0 Å². The summed E-state index contributed by atoms with van der Waals surface area (Å²) in [5.41, 5.74) is 29.1. The molecule has 0 amide bonds. The molecule has 0 N–H and O–H groups in total. The van der Waals surface area contributed by atoms with E-state index in [4.69, 9.17) is 29.9 Å². The van der Waals surface area contributed by atoms with Gasteiger partial charge >= 0.3 is 0 Å². The molecule has 0 unspecified atom stereocenters. The summed E-state index contributed by atoms with van der Waals surface area (Å²) in [6.45, 7) is 31.2. The molecule has 22 aromatic rings. The van der Waals surface area contributed by atoms with Crippen LogP contribution in [0, 0.1) is 111 Å². The summed E-state index contributed by atoms with van der Waals surface area (Å²) in [6.07, 6.45) is 0. The number of fused-ring (bicyclic) bond motifs is 9. The average molecular weight is 1730 g/mol. The van der Waals surface area contributed by atoms with Gasteiger partial charge in [0.1, 0.15) is 69.9 Å². The first-order valence-corrected chi connectivity index (χ1v) is 44.4. The fourth-order valence-corrected chi connectivity index (χ4v) is 18.3. The average Bonchev–Trinajstić information content (AvgIpc) is 1.57. The Hall–Kier alpha value is -16.7. The van der Waals surface area contributed by atoms with E-state index in [2.05, 4.69) is 374 Å². The molecule has 0 aliphatic rings. The Morgan fingerprint density at radius 2 is 0.361 bits per heavy atom. The van der Waals surface area contributed by atoms with E-state index in [1.54, 1.807) is 0 Å². The van der Waals surface area contributed by atoms with Gasteiger partial charge in [-0.1, -0.05) is 198 Å². The third-order valence-electron chi connectivity index (χ3n) is 23.9. The fraction of sp³-hybridized carbons (Fsp3) is 0.143. The number of para-hydroxylation sites is 2. The summed E-state index contributed by atoms with van der Waals surface area (Å²) in [5, 5.41) is 7.08. The molecule has 21 nitrogen and oxygen atoms in total. The first-order valence-electron chi connectivity index (χ1n) is 44.4. The van der Waals surface area contributed by atoms with Crippen LogP contribution in [0.3, 0.4) is 0 Å². The third kappa shape index (κ3) is 16.9. The summed E-state index contributed by atoms with van der Waals surface area (Å²) in [4.78, 5) is 83.3. The Labute approximate surface area is 769 Å². The molecule has 13 aromatic carbocycles. The zero-order chi connectivity index (χ0) is 91.7. The van der Waals surface area contributed by atoms with Gasteiger partial charge in [0.25, 0.3) is 0 Å². The first-order chi connectivity index (χ1) is 64.4. The number of rotatable bonds is 13. The molecule has 9 heterocycles. The van der Waals surface area contributed by atoms with Gasteiger partial charge in [0.2, 0.25) is 0 Å². The molecule has 0 spiro atoms. The van der Waals surface area contributed by atoms with Crippen molar-refractivity contribution in [2.45, 2.75) is 111 Å². The summed E-state index contributed by atoms with van der Waals surface area (Å²) in [7, 11) is 0. The first kappa shape index (κ1) is 84.5. The highest BCUT2D eigenvalue weighted by atomic mass is 15.1. The normalized spacial score (nSPS) is 11.5. The van der Waals surface area contributed by atoms with E-state index in [0.29, 0.717) is 105 Å². The summed E-state index contributed by atoms with van der Waals surface area (Å²) in [5.74, 6) is 11.8. The predicted molar refractivity (Wildman–Crippen MR) is 533 cm³/mol. The second-order valence-corrected chi connectivity index (χ2v) is 34.2. The lowest BCUT2D eigenvalue weighted by atomic mass is 10.0. The van der Waals surface area contributed by atoms with Crippen LogP contribution in [-0.4, -0.2) is 103 Å². The van der Waals surface area contributed by atoms with Crippen LogP contribution in [0.4, 0.5) is 0 Å². The van der Waals surface area contributed by atoms with Gasteiger partial charge < -0.3 is 13.7 Å². The smallest absolute Gasteiger partial charge is 0.165 e. The molecule has 0 atom stereocenters. The van der Waals surface area contributed by atoms with Crippen molar-refractivity contribution in [3.8, 4) is 130 Å². The second-order valence-electron chi connectivity index (χ2n) is 34.2. The Morgan fingerprint density at radius 3 is 0.654 bits per heavy atom. The van der Waals surface area contributed by atoms with Crippen molar-refractivity contribution in [3.63, 3.8) is 0 Å². The Bertz CT molecular complexity index is 8220. The molecular formula is C112H93N21. The summed E-state index contributed by atoms with van der Waals surface area (Å²) < 4.78 is 6.99. The topological polar surface area (TPSA) is 247 Å². The van der Waals surface area contributed by atoms with E-state index < -0.39 is 0 Å². The molecule has 21 heteroatoms. The highest BCUT2D eigenvalue weighted by Gasteiger charge is 2.26. The van der Waals surface area contributed by atoms with Gasteiger partial charge in [-0.25, -0.2) is 89.7 Å². The van der Waals surface area contributed by atoms with Crippen molar-refractivity contribution in [3.05, 3.63) is 365 Å². The molecule has 0 fully saturated rings. The zero-order valence-corrected chi connectivity index (χ0v) is 76.9. The molecule has 133 heavy (non-hydrogen) atoms. The van der Waals surface area contributed by atoms with Gasteiger partial charge in [0.05, 0.1) is 50.2 Å². The summed E-state index contributed by atoms with van der Waals surface area (Å²) >= 11 is 0. The van der Waals surface area contributed by atoms with Crippen LogP contribution >= 0.6 is 0 Å². The van der Waals surface area contributed by atoms with Crippen LogP contribution in [0.15, 0.2) is 273 Å². The maximum Gasteiger partial charge on any atom is 0.165 e. The van der Waals surface area contributed by atoms with E-state index >= 15 is 0 Å². The van der Waals surface area contributed by atoms with E-state index in [9.17, 15) is 0 Å². The molecule has 646 valence electrons. The van der Waals surface area contributed by atoms with Crippen molar-refractivity contribution in [1.82, 2.24) is 103 Å². The van der Waals surface area contributed by atoms with Gasteiger partial charge in [-0.3, -0.25) is 0 Å². The maximum absolute atomic E-state index is 4.87. The van der Waals surface area contributed by atoms with Crippen molar-refractivity contribution >= 4 is 65.4 Å². The second kappa shape index (κ2) is 34.7. The number of hydrogen-bond acceptors (Lipinski definition) is 18. The van der Waals surface area contributed by atoms with Crippen molar-refractivity contribution < 1.29 is 0 Å². The molecule has 0 radical (unpaired) electrons. The molecule has 0 saturated carbocycles. The maximum atomic E-state index is 4.87. The third-order valence-corrected chi connectivity index (χ3v) is 23.9. The van der Waals surface area contributed by atoms with Crippen LogP contribution in [0.1, 0.15) is 92.1 Å². The van der Waals surface area contributed by atoms with Crippen LogP contribution in [0.2, 0.25) is 0 Å². The quantitative estimate of drug-likeness (QED) is 0.104. The minimum atomic E-state index is 0.601. The van der Waals surface area contributed by atoms with Crippen molar-refractivity contribution in [1.29, 1.82) is 0 Å². The minimum Gasteiger partial charge on any atom is -0.309 e. The lowest BCUT2D eigenvalue weighted by molar-refractivity contribution is 0.923. The van der Waals surface area contributed by atoms with Gasteiger partial charge in [-0.2, -0.15) is 0 Å². The molecule has 9 aromatic heterocycles. The molecular weight excluding hydrogens is 1640 g/mol. The van der Waals surface area contributed by atoms with Crippen molar-refractivity contribution in [2.24, 2.45) is 0 Å². The van der Waals surface area contributed by atoms with E-state index in [0.717, 1.165) is 100 Å². The molecule has 0 aliphatic heterocycles. The van der Waals surface area contributed by atoms with Crippen LogP contribution in [0.25, 0.3) is 195 Å². The number of nitrogens with zero attached hydrogens (tertiary/aromatic N) is 21. The fourth-order valence-electron chi connectivity index (χ4n) is 18.3. The monoisotopic (exact) mass is 1730 g/mol. The highest BCUT2D eigenvalue weighted by molar-refractivity contribution is 6.14. The van der Waals surface area contributed by atoms with E-state index in [1.807, 2.05) is 83.1 Å². The molecule has 22 rings (SSSR count). The highest BCUT2D eigenvalue weighted by Crippen LogP contribution is 2.45. The zero-order valence-electron chi connectivity index (χ0n) is 76.9. The number of benzene rings is 13. The van der Waals surface area contributed by atoms with Gasteiger partial charge in [-0.15, -0.1) is 0 Å². The Kier molecular flexibility index (Phi) is 22.1. The van der Waals surface area contributed by atoms with Crippen LogP contribution in [-0.2, 0) is 0 Å². The lowest BCUT2D eigenvalue weighted by Crippen LogP contribution is -2.05. The Balaban J connectivity index is 0.000000125. The number of aryl methyl sites for hydroxylation is 16. The largest absolute Gasteiger partial charge is 0.309 e. The molecule has 0 bridgehead atoms. The molecule has 0 aliphatic carbocycles. The standard InChI is InChI=1S/C42H35N7.2C35H29N7/c1-24-9-7-11-30(19-24)32-13-16-35-36-17-14-33(31-12-8-10-25(2)20-31)23-40(36)49(39(35)22-32)38-18-15-34(41-45-26(3)43-27(4)46-41)21-37(38)42-47-28(5)44-29(6)48-42;1-20-9-8-10-25(17-20)26-13-15-29-28-11-6-7-12-31(28)42(33(29)19-26)32-16-14-27(34-38-21(2)36-22(3)39-34)18-30(32)35-40-23(4)37-24(5)41-35;1-20-9-8-10-25(17-20)26-13-15-32-29(18-26)28-11-6-7-12-31(28)42(32)33-16-14-27(34-38-21(2)36-22(3)39-34)19-30(33)35-40-23(4)37-24(5)41-35/h7-23H,1-6H3;2*6-19H,1-5H3. The minimum absolute atomic E-state index is 0.601. The number of aromatic nitrogens is 21. The lowest BCUT2D eigenvalue weighted by Gasteiger charge is -2.16. The predicted octanol–water partition coefficient (Wildman–Crippen LogP) is 25.1. The van der Waals surface area contributed by atoms with Gasteiger partial charge in [0, 0.05) is 65.7 Å². The van der Waals surface area contributed by atoms with Gasteiger partial charge in [-0.05, 0) is 252 Å². The van der Waals surface area contributed by atoms with Crippen LogP contribution < -0.4 is 0 Å². The van der Waals surface area contributed by atoms with Crippen molar-refractivity contribution in [2.75, 3.05) is 0 Å². The Morgan fingerprint density at radius 1 is 0.143 bits per heavy atom. The number of hydrogen-bond donors (Lipinski definition) is 0. The summed E-state index contributed by atoms with van der Waals surface area (Å²) in [6, 6.07) is 97.5. The van der Waals surface area contributed by atoms with Crippen LogP contribution in [0.5, 0.6) is 0 Å².